The van der Waals surface area contributed by atoms with Gasteiger partial charge in [0.05, 0.1) is 0 Å². The Labute approximate surface area is 126 Å². The molecule has 0 radical (unpaired) electrons. The minimum absolute atomic E-state index is 0.251. The molecule has 0 amide bonds. The molecule has 0 atom stereocenters. The molecule has 2 aromatic carbocycles. The van der Waals surface area contributed by atoms with Gasteiger partial charge in [-0.2, -0.15) is 0 Å². The summed E-state index contributed by atoms with van der Waals surface area (Å²) in [7, 11) is 0. The molecule has 0 saturated heterocycles. The summed E-state index contributed by atoms with van der Waals surface area (Å²) in [5.41, 5.74) is 1.76. The van der Waals surface area contributed by atoms with Gasteiger partial charge in [-0.3, -0.25) is 0 Å². The predicted molar refractivity (Wildman–Crippen MR) is 76.4 cm³/mol. The Morgan fingerprint density at radius 3 is 1.95 bits per heavy atom. The summed E-state index contributed by atoms with van der Waals surface area (Å²) >= 11 is 0. The number of terminal acetylenes is 1. The van der Waals surface area contributed by atoms with E-state index < -0.39 is 6.36 Å². The molecule has 2 nitrogen and oxygen atoms in total. The van der Waals surface area contributed by atoms with E-state index in [1.807, 2.05) is 12.1 Å². The Morgan fingerprint density at radius 1 is 0.864 bits per heavy atom. The van der Waals surface area contributed by atoms with Crippen LogP contribution in [0, 0.1) is 12.3 Å². The molecule has 0 aliphatic heterocycles. The van der Waals surface area contributed by atoms with Gasteiger partial charge in [0, 0.05) is 6.42 Å². The van der Waals surface area contributed by atoms with Crippen LogP contribution in [0.2, 0.25) is 0 Å². The van der Waals surface area contributed by atoms with Gasteiger partial charge in [-0.05, 0) is 35.4 Å². The molecule has 0 aromatic heterocycles. The second-order valence-electron chi connectivity index (χ2n) is 4.51. The summed E-state index contributed by atoms with van der Waals surface area (Å²) < 4.78 is 45.5. The van der Waals surface area contributed by atoms with Crippen molar-refractivity contribution >= 4 is 0 Å². The molecule has 0 saturated carbocycles. The zero-order valence-electron chi connectivity index (χ0n) is 11.6. The average Bonchev–Trinajstić information content (AvgIpc) is 2.47. The first kappa shape index (κ1) is 15.8. The van der Waals surface area contributed by atoms with Crippen LogP contribution in [0.4, 0.5) is 13.2 Å². The maximum atomic E-state index is 12.0. The average molecular weight is 306 g/mol. The second-order valence-corrected chi connectivity index (χ2v) is 4.51. The van der Waals surface area contributed by atoms with Crippen molar-refractivity contribution in [1.29, 1.82) is 0 Å². The number of benzene rings is 2. The Bertz CT molecular complexity index is 638. The van der Waals surface area contributed by atoms with Crippen LogP contribution >= 0.6 is 0 Å². The molecule has 22 heavy (non-hydrogen) atoms. The fourth-order valence-corrected chi connectivity index (χ4v) is 1.78. The fourth-order valence-electron chi connectivity index (χ4n) is 1.78. The van der Waals surface area contributed by atoms with Gasteiger partial charge in [0.1, 0.15) is 18.1 Å². The third kappa shape index (κ3) is 5.06. The zero-order chi connectivity index (χ0) is 16.0. The van der Waals surface area contributed by atoms with Crippen molar-refractivity contribution in [1.82, 2.24) is 0 Å². The van der Waals surface area contributed by atoms with Crippen molar-refractivity contribution in [2.24, 2.45) is 0 Å². The highest BCUT2D eigenvalue weighted by Crippen LogP contribution is 2.23. The molecule has 0 spiro atoms. The molecule has 2 rings (SSSR count). The SMILES string of the molecule is C#CCc1ccc(OCc2ccc(OC(F)(F)F)cc2)cc1. The van der Waals surface area contributed by atoms with Crippen LogP contribution in [0.25, 0.3) is 0 Å². The second kappa shape index (κ2) is 6.90. The van der Waals surface area contributed by atoms with Crippen LogP contribution in [0.15, 0.2) is 48.5 Å². The molecular weight excluding hydrogens is 293 g/mol. The van der Waals surface area contributed by atoms with Crippen molar-refractivity contribution in [3.05, 3.63) is 59.7 Å². The molecule has 2 aromatic rings. The van der Waals surface area contributed by atoms with Gasteiger partial charge in [0.2, 0.25) is 0 Å². The van der Waals surface area contributed by atoms with Crippen molar-refractivity contribution in [3.8, 4) is 23.8 Å². The first-order valence-electron chi connectivity index (χ1n) is 6.46. The molecule has 0 unspecified atom stereocenters. The molecule has 0 fully saturated rings. The zero-order valence-corrected chi connectivity index (χ0v) is 11.6. The van der Waals surface area contributed by atoms with Crippen LogP contribution in [0.5, 0.6) is 11.5 Å². The highest BCUT2D eigenvalue weighted by atomic mass is 19.4. The lowest BCUT2D eigenvalue weighted by molar-refractivity contribution is -0.274. The highest BCUT2D eigenvalue weighted by Gasteiger charge is 2.30. The van der Waals surface area contributed by atoms with E-state index in [9.17, 15) is 13.2 Å². The molecule has 0 aliphatic rings. The Balaban J connectivity index is 1.90. The molecule has 0 bridgehead atoms. The third-order valence-corrected chi connectivity index (χ3v) is 2.79. The lowest BCUT2D eigenvalue weighted by Crippen LogP contribution is -2.17. The van der Waals surface area contributed by atoms with Gasteiger partial charge in [0.15, 0.2) is 0 Å². The van der Waals surface area contributed by atoms with Crippen LogP contribution in [0.1, 0.15) is 11.1 Å². The first-order valence-corrected chi connectivity index (χ1v) is 6.46. The monoisotopic (exact) mass is 306 g/mol. The smallest absolute Gasteiger partial charge is 0.489 e. The van der Waals surface area contributed by atoms with E-state index in [1.54, 1.807) is 12.1 Å². The standard InChI is InChI=1S/C17H13F3O2/c1-2-3-13-4-8-15(9-5-13)21-12-14-6-10-16(11-7-14)22-17(18,19)20/h1,4-11H,3,12H2. The van der Waals surface area contributed by atoms with Crippen molar-refractivity contribution in [2.75, 3.05) is 0 Å². The van der Waals surface area contributed by atoms with E-state index in [0.717, 1.165) is 11.1 Å². The van der Waals surface area contributed by atoms with E-state index in [0.29, 0.717) is 12.2 Å². The maximum absolute atomic E-state index is 12.0. The lowest BCUT2D eigenvalue weighted by atomic mass is 10.1. The molecule has 114 valence electrons. The van der Waals surface area contributed by atoms with Gasteiger partial charge in [-0.25, -0.2) is 0 Å². The van der Waals surface area contributed by atoms with Crippen molar-refractivity contribution < 1.29 is 22.6 Å². The first-order chi connectivity index (χ1) is 10.5. The van der Waals surface area contributed by atoms with Gasteiger partial charge in [-0.1, -0.05) is 24.3 Å². The number of alkyl halides is 3. The number of halogens is 3. The van der Waals surface area contributed by atoms with Crippen LogP contribution < -0.4 is 9.47 Å². The molecule has 5 heteroatoms. The van der Waals surface area contributed by atoms with Gasteiger partial charge >= 0.3 is 6.36 Å². The number of rotatable bonds is 5. The van der Waals surface area contributed by atoms with Crippen molar-refractivity contribution in [2.45, 2.75) is 19.4 Å². The van der Waals surface area contributed by atoms with Gasteiger partial charge in [-0.15, -0.1) is 25.5 Å². The minimum Gasteiger partial charge on any atom is -0.489 e. The Morgan fingerprint density at radius 2 is 1.41 bits per heavy atom. The topological polar surface area (TPSA) is 18.5 Å². The number of hydrogen-bond acceptors (Lipinski definition) is 2. The lowest BCUT2D eigenvalue weighted by Gasteiger charge is -2.10. The Hall–Kier alpha value is -2.61. The number of ether oxygens (including phenoxy) is 2. The fraction of sp³-hybridized carbons (Fsp3) is 0.176. The minimum atomic E-state index is -4.68. The van der Waals surface area contributed by atoms with E-state index in [1.165, 1.54) is 24.3 Å². The third-order valence-electron chi connectivity index (χ3n) is 2.79. The molecule has 0 N–H and O–H groups in total. The summed E-state index contributed by atoms with van der Waals surface area (Å²) in [4.78, 5) is 0. The van der Waals surface area contributed by atoms with Crippen LogP contribution in [-0.2, 0) is 13.0 Å². The van der Waals surface area contributed by atoms with Crippen LogP contribution in [0.3, 0.4) is 0 Å². The van der Waals surface area contributed by atoms with Crippen LogP contribution in [-0.4, -0.2) is 6.36 Å². The van der Waals surface area contributed by atoms with E-state index in [2.05, 4.69) is 10.7 Å². The summed E-state index contributed by atoms with van der Waals surface area (Å²) in [6, 6.07) is 12.9. The van der Waals surface area contributed by atoms with Crippen molar-refractivity contribution in [3.63, 3.8) is 0 Å². The Kier molecular flexibility index (Phi) is 4.95. The quantitative estimate of drug-likeness (QED) is 0.765. The van der Waals surface area contributed by atoms with Gasteiger partial charge in [0.25, 0.3) is 0 Å². The molecule has 0 heterocycles. The predicted octanol–water partition coefficient (Wildman–Crippen LogP) is 4.34. The molecular formula is C17H13F3O2. The summed E-state index contributed by atoms with van der Waals surface area (Å²) in [6.45, 7) is 0.251. The number of hydrogen-bond donors (Lipinski definition) is 0. The largest absolute Gasteiger partial charge is 0.573 e. The summed E-state index contributed by atoms with van der Waals surface area (Å²) in [5.74, 6) is 2.96. The normalized spacial score (nSPS) is 10.8. The van der Waals surface area contributed by atoms with E-state index in [-0.39, 0.29) is 12.4 Å². The van der Waals surface area contributed by atoms with E-state index in [4.69, 9.17) is 11.2 Å². The maximum Gasteiger partial charge on any atom is 0.573 e. The van der Waals surface area contributed by atoms with E-state index >= 15 is 0 Å². The summed E-state index contributed by atoms with van der Waals surface area (Å²) in [5, 5.41) is 0. The molecule has 0 aliphatic carbocycles. The van der Waals surface area contributed by atoms with Gasteiger partial charge < -0.3 is 9.47 Å². The summed E-state index contributed by atoms with van der Waals surface area (Å²) in [6.07, 6.45) is 1.10. The highest BCUT2D eigenvalue weighted by molar-refractivity contribution is 5.30.